The van der Waals surface area contributed by atoms with Crippen LogP contribution in [-0.4, -0.2) is 49.5 Å². The van der Waals surface area contributed by atoms with Crippen LogP contribution in [0.4, 0.5) is 22.0 Å². The molecule has 0 unspecified atom stereocenters. The molecule has 3 aromatic heterocycles. The second-order valence-corrected chi connectivity index (χ2v) is 6.54. The first-order valence-electron chi connectivity index (χ1n) is 9.39. The lowest BCUT2D eigenvalue weighted by Crippen LogP contribution is -2.22. The molecule has 0 bridgehead atoms. The van der Waals surface area contributed by atoms with E-state index in [2.05, 4.69) is 20.3 Å². The quantitative estimate of drug-likeness (QED) is 0.553. The van der Waals surface area contributed by atoms with Gasteiger partial charge in [0.25, 0.3) is 0 Å². The van der Waals surface area contributed by atoms with Crippen LogP contribution < -0.4 is 10.2 Å². The zero-order chi connectivity index (χ0) is 20.2. The highest BCUT2D eigenvalue weighted by molar-refractivity contribution is 5.73. The van der Waals surface area contributed by atoms with Crippen LogP contribution in [0.5, 0.6) is 0 Å². The van der Waals surface area contributed by atoms with E-state index in [0.717, 1.165) is 38.6 Å². The molecule has 0 saturated carbocycles. The fraction of sp³-hybridized carbons (Fsp3) is 0.250. The average molecular weight is 395 g/mol. The number of aliphatic hydroxyl groups is 1. The van der Waals surface area contributed by atoms with Gasteiger partial charge in [-0.1, -0.05) is 12.1 Å². The van der Waals surface area contributed by atoms with E-state index < -0.39 is 0 Å². The molecule has 1 aliphatic rings. The first kappa shape index (κ1) is 18.9. The topological polar surface area (TPSA) is 83.5 Å². The number of aliphatic hydroxyl groups excluding tert-OH is 1. The maximum Gasteiger partial charge on any atom is 0.245 e. The Morgan fingerprint density at radius 1 is 1.07 bits per heavy atom. The van der Waals surface area contributed by atoms with Crippen molar-refractivity contribution < 1.29 is 9.50 Å². The van der Waals surface area contributed by atoms with Gasteiger partial charge in [-0.05, 0) is 37.1 Å². The summed E-state index contributed by atoms with van der Waals surface area (Å²) in [4.78, 5) is 11.2. The summed E-state index contributed by atoms with van der Waals surface area (Å²) in [5.41, 5.74) is 1.31. The van der Waals surface area contributed by atoms with Gasteiger partial charge in [0.2, 0.25) is 5.95 Å². The number of fused-ring (bicyclic) bond motifs is 1. The highest BCUT2D eigenvalue weighted by atomic mass is 19.1. The van der Waals surface area contributed by atoms with E-state index in [9.17, 15) is 4.39 Å². The highest BCUT2D eigenvalue weighted by Gasteiger charge is 2.18. The van der Waals surface area contributed by atoms with E-state index in [1.54, 1.807) is 35.3 Å². The van der Waals surface area contributed by atoms with Gasteiger partial charge >= 0.3 is 0 Å². The third-order valence-electron chi connectivity index (χ3n) is 4.73. The summed E-state index contributed by atoms with van der Waals surface area (Å²) in [5, 5.41) is 14.9. The van der Waals surface area contributed by atoms with Crippen molar-refractivity contribution >= 4 is 23.1 Å². The first-order chi connectivity index (χ1) is 14.3. The maximum absolute atomic E-state index is 14.0. The number of halogens is 1. The Labute approximate surface area is 167 Å². The Morgan fingerprint density at radius 3 is 2.66 bits per heavy atom. The summed E-state index contributed by atoms with van der Waals surface area (Å²) in [6.07, 6.45) is 7.54. The van der Waals surface area contributed by atoms with Gasteiger partial charge in [-0.2, -0.15) is 4.98 Å². The zero-order valence-electron chi connectivity index (χ0n) is 16.0. The Kier molecular flexibility index (Phi) is 5.39. The van der Waals surface area contributed by atoms with Crippen LogP contribution in [0.2, 0.25) is 0 Å². The standard InChI is InChI=1S/C19H18FN7.CH4O/c20-14-6-1-2-7-15(14)26-12-17(21-13-26)22-18-16-8-5-11-27(16)24-19(23-18)25-9-3-4-10-25;1-2/h1-2,5-8,11-13H,3-4,9-10H2,(H,22,23,24);2H,1H3. The number of anilines is 3. The molecule has 4 aromatic rings. The summed E-state index contributed by atoms with van der Waals surface area (Å²) in [6, 6.07) is 10.5. The number of rotatable bonds is 4. The Balaban J connectivity index is 0.000000994. The molecular weight excluding hydrogens is 373 g/mol. The number of nitrogens with one attached hydrogen (secondary N) is 1. The number of hydrogen-bond acceptors (Lipinski definition) is 6. The van der Waals surface area contributed by atoms with E-state index >= 15 is 0 Å². The summed E-state index contributed by atoms with van der Waals surface area (Å²) in [5.74, 6) is 1.67. The number of nitrogens with zero attached hydrogens (tertiary/aromatic N) is 6. The van der Waals surface area contributed by atoms with Crippen LogP contribution in [0, 0.1) is 5.82 Å². The van der Waals surface area contributed by atoms with Crippen LogP contribution in [0.25, 0.3) is 11.2 Å². The van der Waals surface area contributed by atoms with Gasteiger partial charge in [-0.15, -0.1) is 5.10 Å². The molecule has 0 aliphatic carbocycles. The van der Waals surface area contributed by atoms with E-state index in [1.165, 1.54) is 6.07 Å². The Bertz CT molecular complexity index is 1100. The van der Waals surface area contributed by atoms with E-state index in [1.807, 2.05) is 22.8 Å². The number of hydrogen-bond donors (Lipinski definition) is 2. The molecule has 29 heavy (non-hydrogen) atoms. The molecule has 1 aromatic carbocycles. The van der Waals surface area contributed by atoms with E-state index in [-0.39, 0.29) is 5.82 Å². The highest BCUT2D eigenvalue weighted by Crippen LogP contribution is 2.24. The first-order valence-corrected chi connectivity index (χ1v) is 9.39. The van der Waals surface area contributed by atoms with Crippen molar-refractivity contribution in [3.8, 4) is 5.69 Å². The molecule has 1 saturated heterocycles. The minimum absolute atomic E-state index is 0.297. The third kappa shape index (κ3) is 3.77. The van der Waals surface area contributed by atoms with Crippen molar-refractivity contribution in [3.63, 3.8) is 0 Å². The van der Waals surface area contributed by atoms with Crippen molar-refractivity contribution in [1.82, 2.24) is 24.1 Å². The monoisotopic (exact) mass is 395 g/mol. The predicted molar refractivity (Wildman–Crippen MR) is 109 cm³/mol. The Morgan fingerprint density at radius 2 is 1.86 bits per heavy atom. The number of para-hydroxylation sites is 1. The van der Waals surface area contributed by atoms with Gasteiger partial charge in [-0.25, -0.2) is 13.9 Å². The smallest absolute Gasteiger partial charge is 0.245 e. The van der Waals surface area contributed by atoms with Crippen molar-refractivity contribution in [2.24, 2.45) is 0 Å². The second kappa shape index (κ2) is 8.27. The second-order valence-electron chi connectivity index (χ2n) is 6.54. The molecule has 4 heterocycles. The number of aromatic nitrogens is 5. The lowest BCUT2D eigenvalue weighted by molar-refractivity contribution is 0.399. The maximum atomic E-state index is 14.0. The van der Waals surface area contributed by atoms with Crippen molar-refractivity contribution in [1.29, 1.82) is 0 Å². The molecule has 0 radical (unpaired) electrons. The van der Waals surface area contributed by atoms with Crippen molar-refractivity contribution in [2.75, 3.05) is 30.4 Å². The van der Waals surface area contributed by atoms with Crippen LogP contribution in [0.3, 0.4) is 0 Å². The molecule has 150 valence electrons. The minimum atomic E-state index is -0.297. The molecule has 0 amide bonds. The summed E-state index contributed by atoms with van der Waals surface area (Å²) >= 11 is 0. The third-order valence-corrected chi connectivity index (χ3v) is 4.73. The van der Waals surface area contributed by atoms with Gasteiger partial charge in [0.15, 0.2) is 5.82 Å². The lowest BCUT2D eigenvalue weighted by Gasteiger charge is -2.16. The largest absolute Gasteiger partial charge is 0.400 e. The Hall–Kier alpha value is -3.46. The lowest BCUT2D eigenvalue weighted by atomic mass is 10.3. The van der Waals surface area contributed by atoms with Gasteiger partial charge in [0.05, 0.1) is 11.9 Å². The number of imidazole rings is 1. The summed E-state index contributed by atoms with van der Waals surface area (Å²) in [6.45, 7) is 1.93. The fourth-order valence-electron chi connectivity index (χ4n) is 3.37. The molecule has 1 fully saturated rings. The van der Waals surface area contributed by atoms with E-state index in [0.29, 0.717) is 23.3 Å². The van der Waals surface area contributed by atoms with E-state index in [4.69, 9.17) is 10.1 Å². The molecule has 5 rings (SSSR count). The molecule has 9 heteroatoms. The molecule has 0 atom stereocenters. The van der Waals surface area contributed by atoms with Gasteiger partial charge in [0, 0.05) is 26.4 Å². The SMILES string of the molecule is CO.Fc1ccccc1-n1cnc(Nc2nc(N3CCCC3)nn3cccc23)c1. The minimum Gasteiger partial charge on any atom is -0.400 e. The zero-order valence-corrected chi connectivity index (χ0v) is 16.0. The van der Waals surface area contributed by atoms with Crippen LogP contribution >= 0.6 is 0 Å². The van der Waals surface area contributed by atoms with Crippen LogP contribution in [0.1, 0.15) is 12.8 Å². The van der Waals surface area contributed by atoms with Crippen molar-refractivity contribution in [2.45, 2.75) is 12.8 Å². The fourth-order valence-corrected chi connectivity index (χ4v) is 3.37. The normalized spacial score (nSPS) is 13.4. The van der Waals surface area contributed by atoms with Gasteiger partial charge in [-0.3, -0.25) is 0 Å². The van der Waals surface area contributed by atoms with Crippen LogP contribution in [-0.2, 0) is 0 Å². The molecule has 2 N–H and O–H groups in total. The molecule has 0 spiro atoms. The average Bonchev–Trinajstić information content (AvgIpc) is 3.51. The summed E-state index contributed by atoms with van der Waals surface area (Å²) in [7, 11) is 1.00. The van der Waals surface area contributed by atoms with Gasteiger partial charge < -0.3 is 19.9 Å². The van der Waals surface area contributed by atoms with Crippen LogP contribution in [0.15, 0.2) is 55.1 Å². The number of benzene rings is 1. The van der Waals surface area contributed by atoms with Gasteiger partial charge in [0.1, 0.15) is 23.5 Å². The summed E-state index contributed by atoms with van der Waals surface area (Å²) < 4.78 is 17.5. The molecular formula is C20H22FN7O. The van der Waals surface area contributed by atoms with Crippen molar-refractivity contribution in [3.05, 3.63) is 60.9 Å². The molecule has 8 nitrogen and oxygen atoms in total. The predicted octanol–water partition coefficient (Wildman–Crippen LogP) is 3.01. The molecule has 1 aliphatic heterocycles.